The van der Waals surface area contributed by atoms with Crippen molar-refractivity contribution in [2.75, 3.05) is 5.32 Å². The van der Waals surface area contributed by atoms with Crippen LogP contribution in [0.25, 0.3) is 0 Å². The Balaban J connectivity index is 3.12. The Bertz CT molecular complexity index is 519. The van der Waals surface area contributed by atoms with Crippen molar-refractivity contribution in [1.82, 2.24) is 0 Å². The van der Waals surface area contributed by atoms with Crippen molar-refractivity contribution in [3.8, 4) is 12.3 Å². The normalized spacial score (nSPS) is 11.3. The van der Waals surface area contributed by atoms with Gasteiger partial charge in [-0.2, -0.15) is 0 Å². The highest BCUT2D eigenvalue weighted by molar-refractivity contribution is 5.93. The molecule has 0 fully saturated rings. The van der Waals surface area contributed by atoms with Gasteiger partial charge in [-0.05, 0) is 18.6 Å². The molecule has 0 spiro atoms. The van der Waals surface area contributed by atoms with E-state index in [2.05, 4.69) is 11.2 Å². The van der Waals surface area contributed by atoms with Gasteiger partial charge in [-0.3, -0.25) is 10.1 Å². The number of hydrogen-bond donors (Lipinski definition) is 2. The second kappa shape index (κ2) is 5.68. The van der Waals surface area contributed by atoms with E-state index in [0.717, 1.165) is 0 Å². The highest BCUT2D eigenvalue weighted by Crippen LogP contribution is 2.23. The summed E-state index contributed by atoms with van der Waals surface area (Å²) in [6.07, 6.45) is 5.92. The summed E-state index contributed by atoms with van der Waals surface area (Å²) in [4.78, 5) is 20.9. The van der Waals surface area contributed by atoms with Crippen molar-refractivity contribution in [1.29, 1.82) is 0 Å². The second-order valence-electron chi connectivity index (χ2n) is 3.57. The Morgan fingerprint density at radius 2 is 2.33 bits per heavy atom. The largest absolute Gasteiger partial charge is 0.477 e. The topological polar surface area (TPSA) is 92.5 Å². The fourth-order valence-electron chi connectivity index (χ4n) is 1.42. The number of nitro benzene ring substituents is 1. The Morgan fingerprint density at radius 3 is 2.78 bits per heavy atom. The van der Waals surface area contributed by atoms with Crippen LogP contribution in [0.3, 0.4) is 0 Å². The molecule has 18 heavy (non-hydrogen) atoms. The maximum absolute atomic E-state index is 10.8. The molecular weight excluding hydrogens is 236 g/mol. The highest BCUT2D eigenvalue weighted by Gasteiger charge is 2.20. The molecule has 0 saturated carbocycles. The van der Waals surface area contributed by atoms with E-state index in [1.165, 1.54) is 18.2 Å². The molecule has 6 nitrogen and oxygen atoms in total. The molecule has 1 aromatic rings. The third-order valence-corrected chi connectivity index (χ3v) is 2.38. The average molecular weight is 248 g/mol. The maximum atomic E-state index is 10.8. The lowest BCUT2D eigenvalue weighted by atomic mass is 10.1. The van der Waals surface area contributed by atoms with E-state index in [4.69, 9.17) is 11.5 Å². The van der Waals surface area contributed by atoms with Gasteiger partial charge in [-0.15, -0.1) is 6.42 Å². The third kappa shape index (κ3) is 2.98. The summed E-state index contributed by atoms with van der Waals surface area (Å²) in [5.74, 6) is 1.15. The van der Waals surface area contributed by atoms with Gasteiger partial charge >= 0.3 is 5.97 Å². The van der Waals surface area contributed by atoms with Gasteiger partial charge < -0.3 is 10.4 Å². The number of rotatable bonds is 5. The van der Waals surface area contributed by atoms with Gasteiger partial charge in [0.15, 0.2) is 0 Å². The van der Waals surface area contributed by atoms with Gasteiger partial charge in [0.25, 0.3) is 5.69 Å². The summed E-state index contributed by atoms with van der Waals surface area (Å²) in [5.41, 5.74) is -0.379. The van der Waals surface area contributed by atoms with Crippen LogP contribution >= 0.6 is 0 Å². The second-order valence-corrected chi connectivity index (χ2v) is 3.57. The first-order valence-electron chi connectivity index (χ1n) is 5.24. The lowest BCUT2D eigenvalue weighted by molar-refractivity contribution is -0.385. The first kappa shape index (κ1) is 13.5. The molecule has 1 rings (SSSR count). The summed E-state index contributed by atoms with van der Waals surface area (Å²) >= 11 is 0. The molecule has 0 heterocycles. The van der Waals surface area contributed by atoms with Gasteiger partial charge in [-0.1, -0.05) is 12.8 Å². The zero-order valence-electron chi connectivity index (χ0n) is 9.71. The van der Waals surface area contributed by atoms with E-state index in [9.17, 15) is 14.9 Å². The minimum absolute atomic E-state index is 0.250. The Morgan fingerprint density at radius 1 is 1.67 bits per heavy atom. The summed E-state index contributed by atoms with van der Waals surface area (Å²) < 4.78 is 0. The molecule has 6 heteroatoms. The van der Waals surface area contributed by atoms with E-state index >= 15 is 0 Å². The molecule has 0 aliphatic heterocycles. The molecule has 1 unspecified atom stereocenters. The predicted octanol–water partition coefficient (Wildman–Crippen LogP) is 2.12. The van der Waals surface area contributed by atoms with E-state index in [1.807, 2.05) is 6.92 Å². The van der Waals surface area contributed by atoms with E-state index in [-0.39, 0.29) is 11.6 Å². The van der Waals surface area contributed by atoms with Gasteiger partial charge in [0.2, 0.25) is 0 Å². The van der Waals surface area contributed by atoms with Crippen molar-refractivity contribution in [2.45, 2.75) is 19.4 Å². The number of benzene rings is 1. The zero-order valence-corrected chi connectivity index (χ0v) is 9.71. The number of carboxylic acids is 1. The minimum atomic E-state index is -1.34. The molecule has 1 aromatic carbocycles. The smallest absolute Gasteiger partial charge is 0.342 e. The molecule has 0 aromatic heterocycles. The first-order chi connectivity index (χ1) is 8.49. The van der Waals surface area contributed by atoms with Crippen molar-refractivity contribution in [3.63, 3.8) is 0 Å². The monoisotopic (exact) mass is 248 g/mol. The molecular formula is C12H12N2O4. The van der Waals surface area contributed by atoms with E-state index in [0.29, 0.717) is 12.1 Å². The molecule has 0 bridgehead atoms. The van der Waals surface area contributed by atoms with Gasteiger partial charge in [0.1, 0.15) is 5.56 Å². The molecule has 94 valence electrons. The lowest BCUT2D eigenvalue weighted by Crippen LogP contribution is -2.16. The average Bonchev–Trinajstić information content (AvgIpc) is 2.35. The Kier molecular flexibility index (Phi) is 4.27. The van der Waals surface area contributed by atoms with E-state index < -0.39 is 16.6 Å². The van der Waals surface area contributed by atoms with Crippen molar-refractivity contribution < 1.29 is 14.8 Å². The Hall–Kier alpha value is -2.55. The van der Waals surface area contributed by atoms with Crippen LogP contribution in [0, 0.1) is 22.5 Å². The van der Waals surface area contributed by atoms with Crippen LogP contribution in [0.5, 0.6) is 0 Å². The van der Waals surface area contributed by atoms with Gasteiger partial charge in [0, 0.05) is 11.8 Å². The predicted molar refractivity (Wildman–Crippen MR) is 66.6 cm³/mol. The molecule has 0 aliphatic carbocycles. The number of aromatic carboxylic acids is 1. The van der Waals surface area contributed by atoms with Crippen LogP contribution in [-0.4, -0.2) is 22.0 Å². The van der Waals surface area contributed by atoms with Crippen molar-refractivity contribution >= 4 is 17.3 Å². The summed E-state index contributed by atoms with van der Waals surface area (Å²) in [7, 11) is 0. The maximum Gasteiger partial charge on any atom is 0.342 e. The molecule has 1 atom stereocenters. The molecule has 0 aliphatic rings. The zero-order chi connectivity index (χ0) is 13.7. The number of anilines is 1. The van der Waals surface area contributed by atoms with Crippen LogP contribution in [0.4, 0.5) is 11.4 Å². The van der Waals surface area contributed by atoms with Crippen molar-refractivity contribution in [2.24, 2.45) is 0 Å². The summed E-state index contributed by atoms with van der Waals surface area (Å²) in [6, 6.07) is 3.56. The lowest BCUT2D eigenvalue weighted by Gasteiger charge is -2.12. The number of nitro groups is 1. The molecule has 0 radical (unpaired) electrons. The number of nitrogens with zero attached hydrogens (tertiary/aromatic N) is 1. The fourth-order valence-corrected chi connectivity index (χ4v) is 1.42. The summed E-state index contributed by atoms with van der Waals surface area (Å²) in [5, 5.41) is 22.5. The van der Waals surface area contributed by atoms with Crippen LogP contribution in [0.15, 0.2) is 18.2 Å². The standard InChI is InChI=1S/C12H12N2O4/c1-3-8(4-2)13-9-5-6-10(12(15)16)11(7-9)14(17)18/h1,5-8,13H,4H2,2H3,(H,15,16). The number of carboxylic acid groups (broad SMARTS) is 1. The van der Waals surface area contributed by atoms with Crippen molar-refractivity contribution in [3.05, 3.63) is 33.9 Å². The first-order valence-corrected chi connectivity index (χ1v) is 5.24. The SMILES string of the molecule is C#CC(CC)Nc1ccc(C(=O)O)c([N+](=O)[O-])c1. The van der Waals surface area contributed by atoms with Crippen LogP contribution in [0.1, 0.15) is 23.7 Å². The quantitative estimate of drug-likeness (QED) is 0.473. The minimum Gasteiger partial charge on any atom is -0.477 e. The number of terminal acetylenes is 1. The van der Waals surface area contributed by atoms with Gasteiger partial charge in [-0.25, -0.2) is 4.79 Å². The molecule has 2 N–H and O–H groups in total. The number of carbonyl (C=O) groups is 1. The number of nitrogens with one attached hydrogen (secondary N) is 1. The van der Waals surface area contributed by atoms with Crippen LogP contribution < -0.4 is 5.32 Å². The van der Waals surface area contributed by atoms with Crippen LogP contribution in [0.2, 0.25) is 0 Å². The van der Waals surface area contributed by atoms with Crippen LogP contribution in [-0.2, 0) is 0 Å². The fraction of sp³-hybridized carbons (Fsp3) is 0.250. The van der Waals surface area contributed by atoms with E-state index in [1.54, 1.807) is 0 Å². The van der Waals surface area contributed by atoms with Gasteiger partial charge in [0.05, 0.1) is 11.0 Å². The molecule has 0 amide bonds. The summed E-state index contributed by atoms with van der Waals surface area (Å²) in [6.45, 7) is 1.87. The number of hydrogen-bond acceptors (Lipinski definition) is 4. The molecule has 0 saturated heterocycles. The Labute approximate surface area is 104 Å². The highest BCUT2D eigenvalue weighted by atomic mass is 16.6. The third-order valence-electron chi connectivity index (χ3n) is 2.38.